The highest BCUT2D eigenvalue weighted by molar-refractivity contribution is 7.80. The summed E-state index contributed by atoms with van der Waals surface area (Å²) >= 11 is 0. The standard InChI is InChI=1S/C28H48N2O23S/c1-7-15(34)20(39)22(41)27(48-7)53-24-21(40)16(35)10(4-31)50-28(24)52-23-14(30-9(3)33)25(42)49-11(18(23)37)5-46-26-13(29-8(2)32)19(38)17(36)12(51-26)6-47-54(43,44)45/h7,10-28,31,34-42H,4-6H2,1-3H3,(H,29,32)(H,30,33)(H,43,44,45)/t7-,10+,11+,12+,13+,14+,15+,16-,17+,18-,19+,20+,21-,22-,23+,24+,25+,26+,27-,28-/m0/s1. The summed E-state index contributed by atoms with van der Waals surface area (Å²) in [5.41, 5.74) is 0. The molecule has 0 spiro atoms. The van der Waals surface area contributed by atoms with Gasteiger partial charge in [0.25, 0.3) is 0 Å². The Kier molecular flexibility index (Phi) is 15.4. The number of hydrogen-bond acceptors (Lipinski definition) is 22. The third-order valence-corrected chi connectivity index (χ3v) is 9.59. The van der Waals surface area contributed by atoms with Crippen LogP contribution in [0.3, 0.4) is 0 Å². The van der Waals surface area contributed by atoms with Gasteiger partial charge in [0.1, 0.15) is 91.4 Å². The van der Waals surface area contributed by atoms with Crippen molar-refractivity contribution in [1.82, 2.24) is 10.6 Å². The highest BCUT2D eigenvalue weighted by Gasteiger charge is 2.54. The topological polar surface area (TPSA) is 389 Å². The van der Waals surface area contributed by atoms with Gasteiger partial charge in [0.2, 0.25) is 11.8 Å². The predicted octanol–water partition coefficient (Wildman–Crippen LogP) is -8.61. The second kappa shape index (κ2) is 18.6. The van der Waals surface area contributed by atoms with Crippen LogP contribution in [0.1, 0.15) is 20.8 Å². The lowest BCUT2D eigenvalue weighted by atomic mass is 9.95. The summed E-state index contributed by atoms with van der Waals surface area (Å²) < 4.78 is 74.7. The molecular weight excluding hydrogens is 764 g/mol. The Morgan fingerprint density at radius 1 is 0.611 bits per heavy atom. The van der Waals surface area contributed by atoms with Crippen LogP contribution < -0.4 is 10.6 Å². The molecule has 0 aromatic carbocycles. The molecule has 4 aliphatic rings. The molecule has 0 bridgehead atoms. The smallest absolute Gasteiger partial charge is 0.394 e. The number of ether oxygens (including phenoxy) is 7. The SMILES string of the molecule is CC(=O)N[C@@H]1[C@@H](O[C@@H]2O[C@H](CO)[C@H](O)[C@H](O)[C@H]2O[C@@H]2O[C@@H](C)[C@@H](O)[C@@H](O)[C@@H]2O)[C@@H](O)[C@@H](CO[C@@H]2O[C@H](COS(=O)(=O)O)[C@@H](O)[C@H](O)[C@H]2NC(C)=O)O[C@H]1O. The van der Waals surface area contributed by atoms with Gasteiger partial charge in [-0.15, -0.1) is 0 Å². The number of carbonyl (C=O) groups is 2. The van der Waals surface area contributed by atoms with Crippen molar-refractivity contribution in [2.75, 3.05) is 19.8 Å². The van der Waals surface area contributed by atoms with E-state index >= 15 is 0 Å². The number of aliphatic hydroxyl groups is 10. The van der Waals surface area contributed by atoms with Crippen molar-refractivity contribution in [3.63, 3.8) is 0 Å². The summed E-state index contributed by atoms with van der Waals surface area (Å²) in [4.78, 5) is 24.0. The van der Waals surface area contributed by atoms with Gasteiger partial charge in [-0.25, -0.2) is 4.18 Å². The second-order valence-corrected chi connectivity index (χ2v) is 14.3. The van der Waals surface area contributed by atoms with Crippen molar-refractivity contribution in [1.29, 1.82) is 0 Å². The average Bonchev–Trinajstić information content (AvgIpc) is 3.09. The number of aliphatic hydroxyl groups excluding tert-OH is 10. The Bertz CT molecular complexity index is 1360. The highest BCUT2D eigenvalue weighted by Crippen LogP contribution is 2.33. The fourth-order valence-electron chi connectivity index (χ4n) is 6.31. The van der Waals surface area contributed by atoms with Crippen molar-refractivity contribution in [3.8, 4) is 0 Å². The van der Waals surface area contributed by atoms with Crippen LogP contribution in [-0.2, 0) is 57.3 Å². The van der Waals surface area contributed by atoms with Crippen LogP contribution in [0.25, 0.3) is 0 Å². The molecule has 0 aromatic rings. The first-order valence-electron chi connectivity index (χ1n) is 16.6. The zero-order valence-electron chi connectivity index (χ0n) is 28.9. The van der Waals surface area contributed by atoms with E-state index in [1.807, 2.05) is 0 Å². The first-order valence-corrected chi connectivity index (χ1v) is 18.0. The van der Waals surface area contributed by atoms with Crippen molar-refractivity contribution in [2.24, 2.45) is 0 Å². The Labute approximate surface area is 307 Å². The lowest BCUT2D eigenvalue weighted by Crippen LogP contribution is -2.69. The third kappa shape index (κ3) is 10.5. The van der Waals surface area contributed by atoms with Gasteiger partial charge in [-0.05, 0) is 6.92 Å². The highest BCUT2D eigenvalue weighted by atomic mass is 32.3. The van der Waals surface area contributed by atoms with E-state index < -0.39 is 165 Å². The molecule has 0 saturated carbocycles. The number of rotatable bonds is 13. The zero-order chi connectivity index (χ0) is 40.4. The van der Waals surface area contributed by atoms with Gasteiger partial charge in [0.15, 0.2) is 25.2 Å². The van der Waals surface area contributed by atoms with E-state index in [2.05, 4.69) is 14.8 Å². The molecule has 0 aromatic heterocycles. The molecule has 0 aliphatic carbocycles. The Morgan fingerprint density at radius 3 is 1.76 bits per heavy atom. The minimum atomic E-state index is -5.03. The van der Waals surface area contributed by atoms with Crippen LogP contribution in [0.2, 0.25) is 0 Å². The van der Waals surface area contributed by atoms with Gasteiger partial charge >= 0.3 is 10.4 Å². The summed E-state index contributed by atoms with van der Waals surface area (Å²) in [6.45, 7) is 0.707. The fraction of sp³-hybridized carbons (Fsp3) is 0.929. The van der Waals surface area contributed by atoms with Gasteiger partial charge in [-0.3, -0.25) is 14.1 Å². The molecule has 2 amide bonds. The van der Waals surface area contributed by atoms with Crippen LogP contribution in [0, 0.1) is 0 Å². The van der Waals surface area contributed by atoms with Gasteiger partial charge in [0, 0.05) is 13.8 Å². The van der Waals surface area contributed by atoms with E-state index in [9.17, 15) is 69.1 Å². The number of nitrogens with one attached hydrogen (secondary N) is 2. The lowest BCUT2D eigenvalue weighted by molar-refractivity contribution is -0.381. The molecule has 4 aliphatic heterocycles. The van der Waals surface area contributed by atoms with E-state index in [0.29, 0.717) is 0 Å². The first kappa shape index (κ1) is 44.8. The summed E-state index contributed by atoms with van der Waals surface area (Å²) in [7, 11) is -5.03. The van der Waals surface area contributed by atoms with E-state index in [1.54, 1.807) is 0 Å². The molecule has 4 rings (SSSR count). The Morgan fingerprint density at radius 2 is 1.17 bits per heavy atom. The minimum absolute atomic E-state index is 0.740. The quantitative estimate of drug-likeness (QED) is 0.0768. The van der Waals surface area contributed by atoms with Gasteiger partial charge in [-0.1, -0.05) is 0 Å². The summed E-state index contributed by atoms with van der Waals surface area (Å²) in [6.07, 6.45) is -31.9. The zero-order valence-corrected chi connectivity index (χ0v) is 29.7. The van der Waals surface area contributed by atoms with Crippen molar-refractivity contribution >= 4 is 22.2 Å². The molecule has 20 atom stereocenters. The Hall–Kier alpha value is -1.87. The summed E-state index contributed by atoms with van der Waals surface area (Å²) in [6, 6.07) is -3.17. The number of amides is 2. The molecule has 4 heterocycles. The first-order chi connectivity index (χ1) is 25.1. The fourth-order valence-corrected chi connectivity index (χ4v) is 6.62. The summed E-state index contributed by atoms with van der Waals surface area (Å²) in [5, 5.41) is 111. The molecule has 0 radical (unpaired) electrons. The van der Waals surface area contributed by atoms with E-state index in [-0.39, 0.29) is 0 Å². The monoisotopic (exact) mass is 812 g/mol. The van der Waals surface area contributed by atoms with E-state index in [0.717, 1.165) is 13.8 Å². The molecule has 26 heteroatoms. The normalized spacial score (nSPS) is 46.1. The maximum atomic E-state index is 12.1. The predicted molar refractivity (Wildman–Crippen MR) is 166 cm³/mol. The van der Waals surface area contributed by atoms with Crippen molar-refractivity contribution < 1.29 is 111 Å². The molecule has 25 nitrogen and oxygen atoms in total. The average molecular weight is 813 g/mol. The molecule has 13 N–H and O–H groups in total. The van der Waals surface area contributed by atoms with Crippen LogP contribution in [0.5, 0.6) is 0 Å². The number of carbonyl (C=O) groups excluding carboxylic acids is 2. The molecule has 4 saturated heterocycles. The van der Waals surface area contributed by atoms with Gasteiger partial charge in [0.05, 0.1) is 25.9 Å². The van der Waals surface area contributed by atoms with Crippen molar-refractivity contribution in [2.45, 2.75) is 143 Å². The molecule has 4 fully saturated rings. The van der Waals surface area contributed by atoms with Gasteiger partial charge < -0.3 is 94.9 Å². The molecule has 54 heavy (non-hydrogen) atoms. The van der Waals surface area contributed by atoms with Crippen LogP contribution in [-0.4, -0.2) is 218 Å². The Balaban J connectivity index is 1.59. The van der Waals surface area contributed by atoms with Gasteiger partial charge in [-0.2, -0.15) is 8.42 Å². The maximum Gasteiger partial charge on any atom is 0.397 e. The molecular formula is C28H48N2O23S. The van der Waals surface area contributed by atoms with E-state index in [1.165, 1.54) is 6.92 Å². The second-order valence-electron chi connectivity index (χ2n) is 13.2. The van der Waals surface area contributed by atoms with Crippen LogP contribution >= 0.6 is 0 Å². The minimum Gasteiger partial charge on any atom is -0.394 e. The lowest BCUT2D eigenvalue weighted by Gasteiger charge is -2.49. The van der Waals surface area contributed by atoms with Crippen LogP contribution in [0.15, 0.2) is 0 Å². The van der Waals surface area contributed by atoms with E-state index in [4.69, 9.17) is 37.7 Å². The largest absolute Gasteiger partial charge is 0.397 e. The molecule has 0 unspecified atom stereocenters. The van der Waals surface area contributed by atoms with Crippen LogP contribution in [0.4, 0.5) is 0 Å². The summed E-state index contributed by atoms with van der Waals surface area (Å²) in [5.74, 6) is -1.50. The van der Waals surface area contributed by atoms with Crippen molar-refractivity contribution in [3.05, 3.63) is 0 Å². The number of hydrogen-bond donors (Lipinski definition) is 13. The maximum absolute atomic E-state index is 12.1. The third-order valence-electron chi connectivity index (χ3n) is 9.16. The molecule has 314 valence electrons.